The van der Waals surface area contributed by atoms with E-state index in [1.165, 1.54) is 0 Å². The van der Waals surface area contributed by atoms with Crippen molar-refractivity contribution in [3.8, 4) is 0 Å². The molecular formula is C19H22N2O3. The first-order valence-corrected chi connectivity index (χ1v) is 8.05. The van der Waals surface area contributed by atoms with Crippen molar-refractivity contribution in [2.75, 3.05) is 12.0 Å². The largest absolute Gasteiger partial charge is 0.361 e. The summed E-state index contributed by atoms with van der Waals surface area (Å²) in [7, 11) is 1.60. The number of carbonyl (C=O) groups excluding carboxylic acids is 1. The van der Waals surface area contributed by atoms with Crippen LogP contribution in [0.5, 0.6) is 0 Å². The monoisotopic (exact) mass is 326 g/mol. The molecule has 0 bridgehead atoms. The van der Waals surface area contributed by atoms with Crippen molar-refractivity contribution in [1.82, 2.24) is 5.48 Å². The maximum absolute atomic E-state index is 12.8. The van der Waals surface area contributed by atoms with Crippen molar-refractivity contribution in [2.24, 2.45) is 0 Å². The summed E-state index contributed by atoms with van der Waals surface area (Å²) in [6.45, 7) is 2.27. The predicted octanol–water partition coefficient (Wildman–Crippen LogP) is 2.66. The molecule has 2 aromatic rings. The van der Waals surface area contributed by atoms with Gasteiger partial charge in [-0.25, -0.2) is 0 Å². The van der Waals surface area contributed by atoms with E-state index in [-0.39, 0.29) is 12.1 Å². The molecule has 1 aliphatic heterocycles. The maximum atomic E-state index is 12.8. The highest BCUT2D eigenvalue weighted by molar-refractivity contribution is 6.00. The summed E-state index contributed by atoms with van der Waals surface area (Å²) in [6.07, 6.45) is 0.258. The molecule has 0 aromatic heterocycles. The summed E-state index contributed by atoms with van der Waals surface area (Å²) < 4.78 is 5.38. The Morgan fingerprint density at radius 1 is 1.17 bits per heavy atom. The Morgan fingerprint density at radius 2 is 1.88 bits per heavy atom. The van der Waals surface area contributed by atoms with Crippen molar-refractivity contribution in [3.05, 3.63) is 65.7 Å². The molecule has 1 N–H and O–H groups in total. The lowest BCUT2D eigenvalue weighted by atomic mass is 9.97. The fraction of sp³-hybridized carbons (Fsp3) is 0.316. The third kappa shape index (κ3) is 3.48. The number of methoxy groups -OCH3 is 1. The average Bonchev–Trinajstić information content (AvgIpc) is 2.62. The molecule has 2 atom stereocenters. The van der Waals surface area contributed by atoms with Gasteiger partial charge in [0.2, 0.25) is 5.91 Å². The second-order valence-electron chi connectivity index (χ2n) is 5.82. The molecule has 0 saturated carbocycles. The Kier molecular flexibility index (Phi) is 5.25. The van der Waals surface area contributed by atoms with E-state index in [2.05, 4.69) is 5.48 Å². The Hall–Kier alpha value is -2.21. The molecule has 0 spiro atoms. The van der Waals surface area contributed by atoms with E-state index in [0.29, 0.717) is 13.0 Å². The highest BCUT2D eigenvalue weighted by Gasteiger charge is 2.35. The standard InChI is InChI=1S/C19H22N2O3/c1-14(23-2)21-18-11-7-6-10-16(18)12-17(19(21)22)20-24-13-15-8-4-3-5-9-15/h3-11,14,17,20H,12-13H2,1-2H3. The van der Waals surface area contributed by atoms with Crippen molar-refractivity contribution in [2.45, 2.75) is 32.2 Å². The van der Waals surface area contributed by atoms with Crippen LogP contribution >= 0.6 is 0 Å². The molecule has 1 aliphatic rings. The minimum Gasteiger partial charge on any atom is -0.361 e. The Morgan fingerprint density at radius 3 is 2.62 bits per heavy atom. The number of nitrogens with one attached hydrogen (secondary N) is 1. The third-order valence-electron chi connectivity index (χ3n) is 4.22. The van der Waals surface area contributed by atoms with Gasteiger partial charge in [0.15, 0.2) is 0 Å². The number of carbonyl (C=O) groups is 1. The maximum Gasteiger partial charge on any atom is 0.248 e. The quantitative estimate of drug-likeness (QED) is 0.829. The molecule has 2 unspecified atom stereocenters. The number of hydroxylamine groups is 1. The molecule has 5 nitrogen and oxygen atoms in total. The topological polar surface area (TPSA) is 50.8 Å². The summed E-state index contributed by atoms with van der Waals surface area (Å²) in [4.78, 5) is 20.1. The second-order valence-corrected chi connectivity index (χ2v) is 5.82. The number of amides is 1. The van der Waals surface area contributed by atoms with Crippen molar-refractivity contribution in [3.63, 3.8) is 0 Å². The van der Waals surface area contributed by atoms with Gasteiger partial charge in [0.05, 0.1) is 6.61 Å². The van der Waals surface area contributed by atoms with Gasteiger partial charge in [0.1, 0.15) is 12.3 Å². The van der Waals surface area contributed by atoms with Crippen LogP contribution in [-0.4, -0.2) is 25.3 Å². The van der Waals surface area contributed by atoms with Crippen LogP contribution < -0.4 is 10.4 Å². The molecule has 0 aliphatic carbocycles. The third-order valence-corrected chi connectivity index (χ3v) is 4.22. The van der Waals surface area contributed by atoms with Crippen LogP contribution in [0.4, 0.5) is 5.69 Å². The van der Waals surface area contributed by atoms with E-state index in [0.717, 1.165) is 16.8 Å². The summed E-state index contributed by atoms with van der Waals surface area (Å²) in [6, 6.07) is 17.3. The fourth-order valence-electron chi connectivity index (χ4n) is 2.88. The van der Waals surface area contributed by atoms with E-state index in [1.807, 2.05) is 61.5 Å². The number of nitrogens with zero attached hydrogens (tertiary/aromatic N) is 1. The van der Waals surface area contributed by atoms with Gasteiger partial charge in [-0.1, -0.05) is 48.5 Å². The normalized spacial score (nSPS) is 18.3. The first-order chi connectivity index (χ1) is 11.7. The summed E-state index contributed by atoms with van der Waals surface area (Å²) in [5, 5.41) is 0. The zero-order chi connectivity index (χ0) is 16.9. The Labute approximate surface area is 142 Å². The lowest BCUT2D eigenvalue weighted by molar-refractivity contribution is -0.128. The molecule has 1 heterocycles. The van der Waals surface area contributed by atoms with Crippen LogP contribution in [0.15, 0.2) is 54.6 Å². The van der Waals surface area contributed by atoms with Crippen LogP contribution in [0.25, 0.3) is 0 Å². The zero-order valence-electron chi connectivity index (χ0n) is 13.9. The van der Waals surface area contributed by atoms with Crippen LogP contribution in [0.3, 0.4) is 0 Å². The number of hydrogen-bond acceptors (Lipinski definition) is 4. The molecule has 1 amide bonds. The highest BCUT2D eigenvalue weighted by Crippen LogP contribution is 2.29. The lowest BCUT2D eigenvalue weighted by Gasteiger charge is -2.37. The predicted molar refractivity (Wildman–Crippen MR) is 92.3 cm³/mol. The Balaban J connectivity index is 1.71. The fourth-order valence-corrected chi connectivity index (χ4v) is 2.88. The minimum atomic E-state index is -0.429. The summed E-state index contributed by atoms with van der Waals surface area (Å²) in [5.74, 6) is -0.0453. The number of para-hydroxylation sites is 1. The van der Waals surface area contributed by atoms with Gasteiger partial charge in [-0.3, -0.25) is 14.5 Å². The van der Waals surface area contributed by atoms with Crippen molar-refractivity contribution in [1.29, 1.82) is 0 Å². The van der Waals surface area contributed by atoms with Gasteiger partial charge in [-0.05, 0) is 24.1 Å². The van der Waals surface area contributed by atoms with Gasteiger partial charge in [-0.2, -0.15) is 5.48 Å². The SMILES string of the molecule is COC(C)N1C(=O)C(NOCc2ccccc2)Cc2ccccc21. The number of hydrogen-bond donors (Lipinski definition) is 1. The summed E-state index contributed by atoms with van der Waals surface area (Å²) in [5.41, 5.74) is 5.97. The van der Waals surface area contributed by atoms with Crippen LogP contribution in [-0.2, 0) is 27.4 Å². The van der Waals surface area contributed by atoms with E-state index in [1.54, 1.807) is 12.0 Å². The Bertz CT molecular complexity index is 690. The molecule has 126 valence electrons. The molecule has 5 heteroatoms. The summed E-state index contributed by atoms with van der Waals surface area (Å²) >= 11 is 0. The van der Waals surface area contributed by atoms with Crippen LogP contribution in [0.2, 0.25) is 0 Å². The van der Waals surface area contributed by atoms with E-state index in [4.69, 9.17) is 9.57 Å². The molecule has 0 saturated heterocycles. The number of fused-ring (bicyclic) bond motifs is 1. The van der Waals surface area contributed by atoms with Crippen molar-refractivity contribution >= 4 is 11.6 Å². The lowest BCUT2D eigenvalue weighted by Crippen LogP contribution is -2.54. The first-order valence-electron chi connectivity index (χ1n) is 8.05. The van der Waals surface area contributed by atoms with Gasteiger partial charge in [-0.15, -0.1) is 0 Å². The van der Waals surface area contributed by atoms with Crippen molar-refractivity contribution < 1.29 is 14.4 Å². The molecule has 3 rings (SSSR count). The smallest absolute Gasteiger partial charge is 0.248 e. The van der Waals surface area contributed by atoms with Gasteiger partial charge < -0.3 is 4.74 Å². The van der Waals surface area contributed by atoms with E-state index in [9.17, 15) is 4.79 Å². The van der Waals surface area contributed by atoms with Gasteiger partial charge in [0.25, 0.3) is 0 Å². The van der Waals surface area contributed by atoms with E-state index >= 15 is 0 Å². The number of rotatable bonds is 6. The van der Waals surface area contributed by atoms with Gasteiger partial charge >= 0.3 is 0 Å². The van der Waals surface area contributed by atoms with Gasteiger partial charge in [0, 0.05) is 19.2 Å². The van der Waals surface area contributed by atoms with Crippen LogP contribution in [0, 0.1) is 0 Å². The number of ether oxygens (including phenoxy) is 1. The molecule has 2 aromatic carbocycles. The second kappa shape index (κ2) is 7.57. The molecular weight excluding hydrogens is 304 g/mol. The molecule has 24 heavy (non-hydrogen) atoms. The van der Waals surface area contributed by atoms with Crippen LogP contribution in [0.1, 0.15) is 18.1 Å². The number of anilines is 1. The number of benzene rings is 2. The first kappa shape index (κ1) is 16.6. The minimum absolute atomic E-state index is 0.0453. The van der Waals surface area contributed by atoms with E-state index < -0.39 is 6.04 Å². The average molecular weight is 326 g/mol. The molecule has 0 fully saturated rings. The molecule has 0 radical (unpaired) electrons. The zero-order valence-corrected chi connectivity index (χ0v) is 13.9. The highest BCUT2D eigenvalue weighted by atomic mass is 16.6.